The zero-order chi connectivity index (χ0) is 22.9. The third kappa shape index (κ3) is 4.54. The zero-order valence-electron chi connectivity index (χ0n) is 18.6. The first-order chi connectivity index (χ1) is 15.2. The minimum Gasteiger partial charge on any atom is -0.438 e. The van der Waals surface area contributed by atoms with E-state index in [-0.39, 0.29) is 17.0 Å². The SMILES string of the molecule is CC(C)(C)N1CCC(S(=O)(=O)c2ccc(CN(C=O)c3cc4ccncc4o3)nc2)CC1. The molecule has 0 saturated carbocycles. The fourth-order valence-electron chi connectivity index (χ4n) is 4.06. The van der Waals surface area contributed by atoms with Gasteiger partial charge < -0.3 is 4.42 Å². The lowest BCUT2D eigenvalue weighted by Gasteiger charge is -2.40. The Balaban J connectivity index is 1.45. The molecule has 0 bridgehead atoms. The van der Waals surface area contributed by atoms with Crippen molar-refractivity contribution < 1.29 is 17.6 Å². The molecule has 1 aliphatic heterocycles. The largest absolute Gasteiger partial charge is 0.438 e. The Morgan fingerprint density at radius 3 is 2.53 bits per heavy atom. The quantitative estimate of drug-likeness (QED) is 0.524. The van der Waals surface area contributed by atoms with Gasteiger partial charge in [-0.2, -0.15) is 0 Å². The van der Waals surface area contributed by atoms with Crippen LogP contribution in [0.1, 0.15) is 39.3 Å². The number of anilines is 1. The lowest BCUT2D eigenvalue weighted by atomic mass is 10.0. The minimum absolute atomic E-state index is 0.0404. The highest BCUT2D eigenvalue weighted by Gasteiger charge is 2.34. The number of hydrogen-bond donors (Lipinski definition) is 0. The van der Waals surface area contributed by atoms with Crippen LogP contribution in [0.2, 0.25) is 0 Å². The minimum atomic E-state index is -3.45. The van der Waals surface area contributed by atoms with Crippen molar-refractivity contribution in [2.45, 2.75) is 55.8 Å². The van der Waals surface area contributed by atoms with E-state index in [0.29, 0.717) is 36.4 Å². The monoisotopic (exact) mass is 456 g/mol. The molecule has 8 nitrogen and oxygen atoms in total. The topological polar surface area (TPSA) is 96.6 Å². The predicted molar refractivity (Wildman–Crippen MR) is 122 cm³/mol. The third-order valence-corrected chi connectivity index (χ3v) is 8.26. The van der Waals surface area contributed by atoms with Crippen LogP contribution in [-0.2, 0) is 21.2 Å². The van der Waals surface area contributed by atoms with E-state index in [0.717, 1.165) is 18.5 Å². The molecule has 4 rings (SSSR count). The molecule has 4 heterocycles. The number of aromatic nitrogens is 2. The summed E-state index contributed by atoms with van der Waals surface area (Å²) in [6.45, 7) is 8.14. The zero-order valence-corrected chi connectivity index (χ0v) is 19.4. The van der Waals surface area contributed by atoms with Gasteiger partial charge in [-0.1, -0.05) is 0 Å². The van der Waals surface area contributed by atoms with Crippen molar-refractivity contribution in [3.63, 3.8) is 0 Å². The molecule has 9 heteroatoms. The number of likely N-dealkylation sites (tertiary alicyclic amines) is 1. The molecule has 1 aliphatic rings. The number of carbonyl (C=O) groups is 1. The summed E-state index contributed by atoms with van der Waals surface area (Å²) >= 11 is 0. The number of hydrogen-bond acceptors (Lipinski definition) is 7. The number of pyridine rings is 2. The van der Waals surface area contributed by atoms with Crippen LogP contribution in [0, 0.1) is 0 Å². The smallest absolute Gasteiger partial charge is 0.216 e. The van der Waals surface area contributed by atoms with Crippen molar-refractivity contribution in [1.82, 2.24) is 14.9 Å². The highest BCUT2D eigenvalue weighted by Crippen LogP contribution is 2.28. The molecule has 0 spiro atoms. The van der Waals surface area contributed by atoms with Gasteiger partial charge >= 0.3 is 0 Å². The lowest BCUT2D eigenvalue weighted by molar-refractivity contribution is -0.107. The second kappa shape index (κ2) is 8.63. The first-order valence-electron chi connectivity index (χ1n) is 10.7. The molecule has 1 saturated heterocycles. The summed E-state index contributed by atoms with van der Waals surface area (Å²) in [7, 11) is -3.45. The van der Waals surface area contributed by atoms with Crippen molar-refractivity contribution >= 4 is 33.1 Å². The molecule has 0 aliphatic carbocycles. The highest BCUT2D eigenvalue weighted by molar-refractivity contribution is 7.92. The molecule has 1 amide bonds. The fraction of sp³-hybridized carbons (Fsp3) is 0.435. The average Bonchev–Trinajstić information content (AvgIpc) is 3.21. The van der Waals surface area contributed by atoms with Crippen molar-refractivity contribution in [2.24, 2.45) is 0 Å². The van der Waals surface area contributed by atoms with Crippen LogP contribution in [0.15, 0.2) is 52.2 Å². The number of nitrogens with zero attached hydrogens (tertiary/aromatic N) is 4. The van der Waals surface area contributed by atoms with Crippen LogP contribution < -0.4 is 4.90 Å². The fourth-order valence-corrected chi connectivity index (χ4v) is 5.73. The average molecular weight is 457 g/mol. The van der Waals surface area contributed by atoms with Crippen molar-refractivity contribution in [3.05, 3.63) is 48.5 Å². The van der Waals surface area contributed by atoms with Gasteiger partial charge in [0.2, 0.25) is 12.3 Å². The number of rotatable bonds is 6. The first-order valence-corrected chi connectivity index (χ1v) is 12.2. The molecule has 3 aromatic rings. The van der Waals surface area contributed by atoms with E-state index in [9.17, 15) is 13.2 Å². The second-order valence-corrected chi connectivity index (χ2v) is 11.3. The van der Waals surface area contributed by atoms with Crippen molar-refractivity contribution in [3.8, 4) is 0 Å². The summed E-state index contributed by atoms with van der Waals surface area (Å²) in [6, 6.07) is 6.79. The van der Waals surface area contributed by atoms with Gasteiger partial charge in [-0.15, -0.1) is 0 Å². The number of fused-ring (bicyclic) bond motifs is 1. The molecule has 1 fully saturated rings. The van der Waals surface area contributed by atoms with Crippen molar-refractivity contribution in [2.75, 3.05) is 18.0 Å². The molecule has 0 aromatic carbocycles. The van der Waals surface area contributed by atoms with E-state index in [1.807, 2.05) is 0 Å². The van der Waals surface area contributed by atoms with E-state index in [4.69, 9.17) is 4.42 Å². The second-order valence-electron chi connectivity index (χ2n) is 9.12. The number of furan rings is 1. The van der Waals surface area contributed by atoms with Crippen LogP contribution in [0.4, 0.5) is 5.88 Å². The molecule has 0 atom stereocenters. The lowest BCUT2D eigenvalue weighted by Crippen LogP contribution is -2.48. The van der Waals surface area contributed by atoms with E-state index in [2.05, 4.69) is 35.6 Å². The van der Waals surface area contributed by atoms with Gasteiger partial charge in [0.25, 0.3) is 0 Å². The summed E-state index contributed by atoms with van der Waals surface area (Å²) in [4.78, 5) is 23.9. The van der Waals surface area contributed by atoms with E-state index < -0.39 is 15.1 Å². The van der Waals surface area contributed by atoms with Gasteiger partial charge in [0.05, 0.1) is 28.6 Å². The highest BCUT2D eigenvalue weighted by atomic mass is 32.2. The van der Waals surface area contributed by atoms with Gasteiger partial charge in [0.1, 0.15) is 0 Å². The number of sulfone groups is 1. The van der Waals surface area contributed by atoms with Crippen LogP contribution in [-0.4, -0.2) is 53.6 Å². The Bertz CT molecular complexity index is 1160. The molecule has 170 valence electrons. The van der Waals surface area contributed by atoms with Gasteiger partial charge in [0, 0.05) is 29.4 Å². The molecular formula is C23H28N4O4S. The van der Waals surface area contributed by atoms with E-state index in [1.165, 1.54) is 11.1 Å². The summed E-state index contributed by atoms with van der Waals surface area (Å²) in [5.41, 5.74) is 1.19. The van der Waals surface area contributed by atoms with Crippen LogP contribution in [0.25, 0.3) is 11.0 Å². The Kier molecular flexibility index (Phi) is 6.05. The van der Waals surface area contributed by atoms with Gasteiger partial charge in [-0.25, -0.2) is 8.42 Å². The maximum absolute atomic E-state index is 13.1. The molecule has 32 heavy (non-hydrogen) atoms. The van der Waals surface area contributed by atoms with E-state index in [1.54, 1.807) is 36.7 Å². The summed E-state index contributed by atoms with van der Waals surface area (Å²) < 4.78 is 31.9. The molecule has 0 unspecified atom stereocenters. The van der Waals surface area contributed by atoms with Crippen LogP contribution in [0.3, 0.4) is 0 Å². The molecule has 0 N–H and O–H groups in total. The van der Waals surface area contributed by atoms with Crippen LogP contribution in [0.5, 0.6) is 0 Å². The van der Waals surface area contributed by atoms with E-state index >= 15 is 0 Å². The van der Waals surface area contributed by atoms with Gasteiger partial charge in [-0.3, -0.25) is 24.6 Å². The standard InChI is InChI=1S/C23H28N4O4S/c1-23(2,3)27-10-7-19(8-11-27)32(29,30)20-5-4-18(25-13-20)15-26(16-28)22-12-17-6-9-24-14-21(17)31-22/h4-6,9,12-14,16,19H,7-8,10-11,15H2,1-3H3. The maximum atomic E-state index is 13.1. The number of amides is 1. The van der Waals surface area contributed by atoms with Gasteiger partial charge in [0.15, 0.2) is 15.4 Å². The van der Waals surface area contributed by atoms with Crippen LogP contribution >= 0.6 is 0 Å². The van der Waals surface area contributed by atoms with Gasteiger partial charge in [-0.05, 0) is 64.9 Å². The molecule has 3 aromatic heterocycles. The number of carbonyl (C=O) groups excluding carboxylic acids is 1. The predicted octanol–water partition coefficient (Wildman–Crippen LogP) is 3.42. The first kappa shape index (κ1) is 22.4. The normalized spacial score (nSPS) is 16.3. The Morgan fingerprint density at radius 2 is 1.94 bits per heavy atom. The Labute approximate surface area is 188 Å². The maximum Gasteiger partial charge on any atom is 0.216 e. The summed E-state index contributed by atoms with van der Waals surface area (Å²) in [5, 5.41) is 0.443. The third-order valence-electron chi connectivity index (χ3n) is 6.01. The molecule has 0 radical (unpaired) electrons. The Morgan fingerprint density at radius 1 is 1.19 bits per heavy atom. The molecular weight excluding hydrogens is 428 g/mol. The number of piperidine rings is 1. The van der Waals surface area contributed by atoms with Crippen molar-refractivity contribution in [1.29, 1.82) is 0 Å². The summed E-state index contributed by atoms with van der Waals surface area (Å²) in [6.07, 6.45) is 6.53. The summed E-state index contributed by atoms with van der Waals surface area (Å²) in [5.74, 6) is 0.382. The Hall–Kier alpha value is -2.78.